The molecule has 12 nitrogen and oxygen atoms in total. The second kappa shape index (κ2) is 9.75. The van der Waals surface area contributed by atoms with E-state index in [-0.39, 0.29) is 0 Å². The zero-order chi connectivity index (χ0) is 21.2. The summed E-state index contributed by atoms with van der Waals surface area (Å²) in [6.07, 6.45) is 0. The Hall–Kier alpha value is 0.821. The van der Waals surface area contributed by atoms with Crippen LogP contribution in [0.2, 0.25) is 39.3 Å². The minimum absolute atomic E-state index is 1.19. The highest BCUT2D eigenvalue weighted by molar-refractivity contribution is 6.82. The van der Waals surface area contributed by atoms with Crippen molar-refractivity contribution in [3.8, 4) is 0 Å². The van der Waals surface area contributed by atoms with Gasteiger partial charge in [0.25, 0.3) is 46.4 Å². The van der Waals surface area contributed by atoms with E-state index in [1.807, 2.05) is 32.7 Å². The van der Waals surface area contributed by atoms with Crippen molar-refractivity contribution in [2.45, 2.75) is 56.4 Å². The van der Waals surface area contributed by atoms with E-state index in [0.29, 0.717) is 0 Å². The molecule has 1 fully saturated rings. The maximum absolute atomic E-state index is 6.38. The topological polar surface area (TPSA) is 212 Å². The monoisotopic (exact) mass is 492 g/mol. The first-order valence-corrected chi connectivity index (χ1v) is 21.6. The fourth-order valence-electron chi connectivity index (χ4n) is 2.79. The summed E-state index contributed by atoms with van der Waals surface area (Å²) in [4.78, 5) is 0. The highest BCUT2D eigenvalue weighted by atomic mass is 28.5. The van der Waals surface area contributed by atoms with Crippen LogP contribution >= 0.6 is 0 Å². The van der Waals surface area contributed by atoms with Crippen molar-refractivity contribution in [2.24, 2.45) is 34.4 Å². The van der Waals surface area contributed by atoms with E-state index in [4.69, 9.17) is 59.1 Å². The first kappa shape index (κ1) is 25.9. The molecule has 1 heterocycles. The second-order valence-corrected chi connectivity index (χ2v) is 21.6. The molecule has 5 unspecified atom stereocenters. The lowest BCUT2D eigenvalue weighted by atomic mass is 10.1. The van der Waals surface area contributed by atoms with E-state index in [2.05, 4.69) is 0 Å². The van der Waals surface area contributed by atoms with Gasteiger partial charge in [-0.25, -0.2) is 0 Å². The van der Waals surface area contributed by atoms with Crippen molar-refractivity contribution in [3.63, 3.8) is 0 Å². The number of hydrogen-bond donors (Lipinski definition) is 6. The molecule has 0 aromatic heterocycles. The zero-order valence-electron chi connectivity index (χ0n) is 16.9. The van der Waals surface area contributed by atoms with Gasteiger partial charge in [0.1, 0.15) is 11.1 Å². The standard InChI is InChI=1S/C9H36N6O6Si6/c1-22-16-23(2)18-25(4)20-27(6,21-26(5)19-24(3)17-22)9(14,15)7(10)8(11,12)13/h7,22-26H,10-15H2,1-6H3. The van der Waals surface area contributed by atoms with Gasteiger partial charge in [0.15, 0.2) is 0 Å². The summed E-state index contributed by atoms with van der Waals surface area (Å²) in [7, 11) is -13.6. The van der Waals surface area contributed by atoms with Crippen LogP contribution < -0.4 is 34.4 Å². The van der Waals surface area contributed by atoms with Gasteiger partial charge in [-0.15, -0.1) is 0 Å². The van der Waals surface area contributed by atoms with Gasteiger partial charge in [-0.3, -0.25) is 17.2 Å². The van der Waals surface area contributed by atoms with Crippen LogP contribution in [0.5, 0.6) is 0 Å². The molecule has 12 N–H and O–H groups in total. The Morgan fingerprint density at radius 2 is 0.963 bits per heavy atom. The van der Waals surface area contributed by atoms with Crippen molar-refractivity contribution in [2.75, 3.05) is 0 Å². The molecule has 0 bridgehead atoms. The lowest BCUT2D eigenvalue weighted by molar-refractivity contribution is 0.215. The quantitative estimate of drug-likeness (QED) is 0.162. The van der Waals surface area contributed by atoms with Gasteiger partial charge in [-0.05, 0) is 39.3 Å². The Morgan fingerprint density at radius 3 is 1.26 bits per heavy atom. The Labute approximate surface area is 170 Å². The lowest BCUT2D eigenvalue weighted by Crippen LogP contribution is -2.88. The predicted octanol–water partition coefficient (Wildman–Crippen LogP) is -4.57. The minimum atomic E-state index is -3.41. The number of hydrogen-bond acceptors (Lipinski definition) is 12. The highest BCUT2D eigenvalue weighted by Crippen LogP contribution is 2.24. The molecule has 0 saturated carbocycles. The van der Waals surface area contributed by atoms with Gasteiger partial charge in [-0.2, -0.15) is 0 Å². The molecule has 27 heavy (non-hydrogen) atoms. The van der Waals surface area contributed by atoms with Gasteiger partial charge in [0, 0.05) is 0 Å². The maximum Gasteiger partial charge on any atom is 0.354 e. The third-order valence-electron chi connectivity index (χ3n) is 4.15. The highest BCUT2D eigenvalue weighted by Gasteiger charge is 2.58. The van der Waals surface area contributed by atoms with Crippen molar-refractivity contribution in [3.05, 3.63) is 0 Å². The molecular formula is C9H36N6O6Si6. The molecule has 18 heteroatoms. The summed E-state index contributed by atoms with van der Waals surface area (Å²) in [6.45, 7) is 11.2. The van der Waals surface area contributed by atoms with Crippen LogP contribution in [0.4, 0.5) is 0 Å². The van der Waals surface area contributed by atoms with E-state index in [1.165, 1.54) is 0 Å². The van der Waals surface area contributed by atoms with Crippen molar-refractivity contribution >= 4 is 55.0 Å². The summed E-state index contributed by atoms with van der Waals surface area (Å²) in [6, 6.07) is -1.19. The summed E-state index contributed by atoms with van der Waals surface area (Å²) < 4.78 is 36.4. The Balaban J connectivity index is 3.20. The Kier molecular flexibility index (Phi) is 9.34. The molecule has 162 valence electrons. The SMILES string of the molecule is C[SiH]1O[SiH](C)O[SiH](C)O[Si](C)(C(N)(N)C(N)C(N)(N)N)O[SiH](C)O[SiH](C)O1. The van der Waals surface area contributed by atoms with Crippen LogP contribution in [-0.2, 0) is 24.7 Å². The van der Waals surface area contributed by atoms with Gasteiger partial charge in [0.2, 0.25) is 0 Å². The largest absolute Gasteiger partial charge is 0.420 e. The molecule has 5 atom stereocenters. The first-order valence-electron chi connectivity index (χ1n) is 8.76. The first-order chi connectivity index (χ1) is 12.1. The fraction of sp³-hybridized carbons (Fsp3) is 1.00. The maximum atomic E-state index is 6.38. The van der Waals surface area contributed by atoms with Crippen LogP contribution in [0.15, 0.2) is 0 Å². The van der Waals surface area contributed by atoms with Crippen molar-refractivity contribution in [1.29, 1.82) is 0 Å². The molecule has 1 aliphatic rings. The van der Waals surface area contributed by atoms with Gasteiger partial charge in [-0.1, -0.05) is 0 Å². The molecule has 0 radical (unpaired) electrons. The zero-order valence-corrected chi connectivity index (χ0v) is 23.7. The molecule has 1 saturated heterocycles. The average Bonchev–Trinajstić information content (AvgIpc) is 2.42. The summed E-state index contributed by atoms with van der Waals surface area (Å²) in [5.41, 5.74) is 36.1. The van der Waals surface area contributed by atoms with Crippen molar-refractivity contribution in [1.82, 2.24) is 0 Å². The third-order valence-corrected chi connectivity index (χ3v) is 24.6. The molecular weight excluding hydrogens is 457 g/mol. The van der Waals surface area contributed by atoms with Gasteiger partial charge < -0.3 is 41.9 Å². The van der Waals surface area contributed by atoms with Crippen LogP contribution in [0, 0.1) is 0 Å². The average molecular weight is 493 g/mol. The van der Waals surface area contributed by atoms with Crippen LogP contribution in [0.3, 0.4) is 0 Å². The second-order valence-electron chi connectivity index (χ2n) is 6.97. The molecule has 0 aromatic rings. The smallest absolute Gasteiger partial charge is 0.354 e. The van der Waals surface area contributed by atoms with E-state index in [9.17, 15) is 0 Å². The van der Waals surface area contributed by atoms with Crippen LogP contribution in [0.1, 0.15) is 0 Å². The van der Waals surface area contributed by atoms with Gasteiger partial charge >= 0.3 is 8.56 Å². The number of nitrogens with two attached hydrogens (primary N) is 6. The molecule has 1 rings (SSSR count). The predicted molar refractivity (Wildman–Crippen MR) is 118 cm³/mol. The Morgan fingerprint density at radius 1 is 0.667 bits per heavy atom. The molecule has 0 aromatic carbocycles. The minimum Gasteiger partial charge on any atom is -0.420 e. The van der Waals surface area contributed by atoms with E-state index >= 15 is 0 Å². The normalized spacial score (nSPS) is 39.3. The van der Waals surface area contributed by atoms with Gasteiger partial charge in [0.05, 0.1) is 6.04 Å². The van der Waals surface area contributed by atoms with E-state index in [0.717, 1.165) is 0 Å². The fourth-order valence-corrected chi connectivity index (χ4v) is 23.6. The molecule has 0 aliphatic carbocycles. The van der Waals surface area contributed by atoms with E-state index in [1.54, 1.807) is 6.55 Å². The van der Waals surface area contributed by atoms with Crippen LogP contribution in [0.25, 0.3) is 0 Å². The molecule has 1 aliphatic heterocycles. The molecule has 0 amide bonds. The summed E-state index contributed by atoms with van der Waals surface area (Å²) in [5, 5.41) is -1.69. The Bertz CT molecular complexity index is 469. The van der Waals surface area contributed by atoms with E-state index < -0.39 is 72.1 Å². The summed E-state index contributed by atoms with van der Waals surface area (Å²) in [5.74, 6) is -1.81. The van der Waals surface area contributed by atoms with Crippen molar-refractivity contribution < 1.29 is 24.7 Å². The molecule has 0 spiro atoms. The lowest BCUT2D eigenvalue weighted by Gasteiger charge is -2.48. The summed E-state index contributed by atoms with van der Waals surface area (Å²) >= 11 is 0. The number of rotatable bonds is 3. The van der Waals surface area contributed by atoms with Crippen LogP contribution in [-0.4, -0.2) is 72.1 Å². The third kappa shape index (κ3) is 7.23.